The molecular formula is C18H32IN5OS. The number of carbonyl (C=O) groups excluding carboxylic acids is 1. The van der Waals surface area contributed by atoms with Crippen molar-refractivity contribution in [2.75, 3.05) is 19.6 Å². The van der Waals surface area contributed by atoms with Crippen LogP contribution in [0.3, 0.4) is 0 Å². The standard InChI is InChI=1S/C18H31N5OS.HI/c1-3-19-18(21-12-10-17-22-13-14(2)25-17)20-11-9-16(24)23-15-7-5-4-6-8-15;/h13,15H,3-12H2,1-2H3,(H,23,24)(H2,19,20,21);1H. The smallest absolute Gasteiger partial charge is 0.221 e. The molecule has 1 fully saturated rings. The molecule has 1 aliphatic carbocycles. The van der Waals surface area contributed by atoms with Gasteiger partial charge >= 0.3 is 0 Å². The van der Waals surface area contributed by atoms with Gasteiger partial charge in [-0.2, -0.15) is 0 Å². The second-order valence-corrected chi connectivity index (χ2v) is 7.77. The number of halogens is 1. The number of nitrogens with zero attached hydrogens (tertiary/aromatic N) is 2. The second kappa shape index (κ2) is 13.3. The van der Waals surface area contributed by atoms with Crippen molar-refractivity contribution < 1.29 is 4.79 Å². The predicted molar refractivity (Wildman–Crippen MR) is 120 cm³/mol. The summed E-state index contributed by atoms with van der Waals surface area (Å²) in [5.74, 6) is 0.898. The van der Waals surface area contributed by atoms with Crippen LogP contribution in [0.5, 0.6) is 0 Å². The number of aromatic nitrogens is 1. The first-order valence-electron chi connectivity index (χ1n) is 9.40. The summed E-state index contributed by atoms with van der Waals surface area (Å²) in [6, 6.07) is 0.380. The molecule has 148 valence electrons. The Balaban J connectivity index is 0.00000338. The van der Waals surface area contributed by atoms with E-state index in [9.17, 15) is 4.79 Å². The Morgan fingerprint density at radius 1 is 1.31 bits per heavy atom. The van der Waals surface area contributed by atoms with E-state index in [1.54, 1.807) is 11.3 Å². The van der Waals surface area contributed by atoms with E-state index in [1.165, 1.54) is 24.1 Å². The predicted octanol–water partition coefficient (Wildman–Crippen LogP) is 3.01. The first-order valence-corrected chi connectivity index (χ1v) is 10.2. The van der Waals surface area contributed by atoms with Gasteiger partial charge in [-0.05, 0) is 26.7 Å². The monoisotopic (exact) mass is 493 g/mol. The zero-order valence-electron chi connectivity index (χ0n) is 15.8. The molecule has 8 heteroatoms. The summed E-state index contributed by atoms with van der Waals surface area (Å²) in [4.78, 5) is 22.2. The van der Waals surface area contributed by atoms with Crippen molar-refractivity contribution >= 4 is 47.2 Å². The molecule has 0 saturated heterocycles. The lowest BCUT2D eigenvalue weighted by Crippen LogP contribution is -2.41. The number of hydrogen-bond donors (Lipinski definition) is 3. The summed E-state index contributed by atoms with van der Waals surface area (Å²) in [5.41, 5.74) is 0. The van der Waals surface area contributed by atoms with Crippen molar-refractivity contribution in [3.05, 3.63) is 16.1 Å². The molecule has 1 saturated carbocycles. The molecule has 26 heavy (non-hydrogen) atoms. The minimum Gasteiger partial charge on any atom is -0.357 e. The number of nitrogens with one attached hydrogen (secondary N) is 3. The van der Waals surface area contributed by atoms with Gasteiger partial charge in [-0.15, -0.1) is 35.3 Å². The average Bonchev–Trinajstić information content (AvgIpc) is 3.01. The van der Waals surface area contributed by atoms with Crippen molar-refractivity contribution in [3.63, 3.8) is 0 Å². The molecular weight excluding hydrogens is 461 g/mol. The number of hydrogen-bond acceptors (Lipinski definition) is 4. The minimum atomic E-state index is 0. The van der Waals surface area contributed by atoms with E-state index >= 15 is 0 Å². The molecule has 0 atom stereocenters. The number of amides is 1. The molecule has 6 nitrogen and oxygen atoms in total. The first kappa shape index (κ1) is 23.1. The highest BCUT2D eigenvalue weighted by Gasteiger charge is 2.15. The lowest BCUT2D eigenvalue weighted by Gasteiger charge is -2.22. The highest BCUT2D eigenvalue weighted by atomic mass is 127. The van der Waals surface area contributed by atoms with Gasteiger partial charge in [-0.25, -0.2) is 4.98 Å². The Morgan fingerprint density at radius 3 is 2.73 bits per heavy atom. The van der Waals surface area contributed by atoms with Crippen LogP contribution in [0.1, 0.15) is 55.3 Å². The number of aryl methyl sites for hydroxylation is 1. The van der Waals surface area contributed by atoms with Crippen molar-refractivity contribution in [3.8, 4) is 0 Å². The molecule has 0 radical (unpaired) electrons. The van der Waals surface area contributed by atoms with E-state index in [4.69, 9.17) is 0 Å². The Hall–Kier alpha value is -0.900. The zero-order valence-corrected chi connectivity index (χ0v) is 19.0. The van der Waals surface area contributed by atoms with Crippen molar-refractivity contribution in [1.29, 1.82) is 0 Å². The molecule has 2 rings (SSSR count). The Kier molecular flexibility index (Phi) is 11.8. The molecule has 1 amide bonds. The first-order chi connectivity index (χ1) is 12.2. The number of thiazole rings is 1. The van der Waals surface area contributed by atoms with Crippen LogP contribution in [0.15, 0.2) is 11.2 Å². The van der Waals surface area contributed by atoms with Gasteiger partial charge in [0, 0.05) is 49.6 Å². The quantitative estimate of drug-likeness (QED) is 0.296. The number of aliphatic imine (C=N–C) groups is 1. The fourth-order valence-corrected chi connectivity index (χ4v) is 3.74. The van der Waals surface area contributed by atoms with E-state index in [2.05, 4.69) is 32.9 Å². The van der Waals surface area contributed by atoms with Crippen LogP contribution in [0, 0.1) is 6.92 Å². The van der Waals surface area contributed by atoms with Gasteiger partial charge < -0.3 is 16.0 Å². The van der Waals surface area contributed by atoms with E-state index < -0.39 is 0 Å². The maximum absolute atomic E-state index is 12.0. The van der Waals surface area contributed by atoms with E-state index in [1.807, 2.05) is 13.1 Å². The summed E-state index contributed by atoms with van der Waals surface area (Å²) in [6.45, 7) is 6.19. The lowest BCUT2D eigenvalue weighted by molar-refractivity contribution is -0.121. The fraction of sp³-hybridized carbons (Fsp3) is 0.722. The summed E-state index contributed by atoms with van der Waals surface area (Å²) >= 11 is 1.72. The maximum Gasteiger partial charge on any atom is 0.221 e. The average molecular weight is 493 g/mol. The SMILES string of the molecule is CCNC(=NCCc1ncc(C)s1)NCCC(=O)NC1CCCCC1.I. The summed E-state index contributed by atoms with van der Waals surface area (Å²) in [7, 11) is 0. The topological polar surface area (TPSA) is 78.4 Å². The summed E-state index contributed by atoms with van der Waals surface area (Å²) < 4.78 is 0. The third kappa shape index (κ3) is 9.16. The molecule has 0 spiro atoms. The number of rotatable bonds is 8. The highest BCUT2D eigenvalue weighted by molar-refractivity contribution is 14.0. The van der Waals surface area contributed by atoms with Gasteiger partial charge in [-0.3, -0.25) is 9.79 Å². The van der Waals surface area contributed by atoms with Crippen molar-refractivity contribution in [2.45, 2.75) is 64.8 Å². The highest BCUT2D eigenvalue weighted by Crippen LogP contribution is 2.17. The Labute approximate surface area is 178 Å². The van der Waals surface area contributed by atoms with Gasteiger partial charge in [0.2, 0.25) is 5.91 Å². The molecule has 0 bridgehead atoms. The van der Waals surface area contributed by atoms with Crippen LogP contribution in [-0.2, 0) is 11.2 Å². The van der Waals surface area contributed by atoms with Gasteiger partial charge in [0.15, 0.2) is 5.96 Å². The van der Waals surface area contributed by atoms with E-state index in [-0.39, 0.29) is 29.9 Å². The molecule has 1 aliphatic rings. The Bertz CT molecular complexity index is 558. The van der Waals surface area contributed by atoms with Gasteiger partial charge in [0.1, 0.15) is 0 Å². The molecule has 3 N–H and O–H groups in total. The summed E-state index contributed by atoms with van der Waals surface area (Å²) in [6.07, 6.45) is 9.25. The molecule has 1 aromatic heterocycles. The van der Waals surface area contributed by atoms with Gasteiger partial charge in [-0.1, -0.05) is 19.3 Å². The van der Waals surface area contributed by atoms with Gasteiger partial charge in [0.05, 0.1) is 5.01 Å². The van der Waals surface area contributed by atoms with Crippen LogP contribution < -0.4 is 16.0 Å². The normalized spacial score (nSPS) is 15.2. The second-order valence-electron chi connectivity index (χ2n) is 6.45. The third-order valence-electron chi connectivity index (χ3n) is 4.22. The van der Waals surface area contributed by atoms with Crippen LogP contribution in [0.25, 0.3) is 0 Å². The van der Waals surface area contributed by atoms with Crippen LogP contribution in [0.4, 0.5) is 0 Å². The van der Waals surface area contributed by atoms with Crippen molar-refractivity contribution in [1.82, 2.24) is 20.9 Å². The number of guanidine groups is 1. The lowest BCUT2D eigenvalue weighted by atomic mass is 9.95. The van der Waals surface area contributed by atoms with Gasteiger partial charge in [0.25, 0.3) is 0 Å². The van der Waals surface area contributed by atoms with Crippen LogP contribution >= 0.6 is 35.3 Å². The third-order valence-corrected chi connectivity index (χ3v) is 5.20. The molecule has 0 unspecified atom stereocenters. The zero-order chi connectivity index (χ0) is 17.9. The van der Waals surface area contributed by atoms with E-state index in [0.717, 1.165) is 36.8 Å². The molecule has 0 aromatic carbocycles. The summed E-state index contributed by atoms with van der Waals surface area (Å²) in [5, 5.41) is 10.7. The van der Waals surface area contributed by atoms with Crippen molar-refractivity contribution in [2.24, 2.45) is 4.99 Å². The van der Waals surface area contributed by atoms with Crippen LogP contribution in [-0.4, -0.2) is 42.5 Å². The Morgan fingerprint density at radius 2 is 2.08 bits per heavy atom. The number of carbonyl (C=O) groups is 1. The maximum atomic E-state index is 12.0. The van der Waals surface area contributed by atoms with Crippen LogP contribution in [0.2, 0.25) is 0 Å². The minimum absolute atomic E-state index is 0. The molecule has 1 aromatic rings. The fourth-order valence-electron chi connectivity index (χ4n) is 2.96. The molecule has 1 heterocycles. The largest absolute Gasteiger partial charge is 0.357 e. The van der Waals surface area contributed by atoms with E-state index in [0.29, 0.717) is 25.6 Å². The molecule has 0 aliphatic heterocycles.